The Kier molecular flexibility index (Phi) is 4.92. The zero-order valence-electron chi connectivity index (χ0n) is 10.1. The second-order valence-corrected chi connectivity index (χ2v) is 6.09. The minimum atomic E-state index is -0.185. The van der Waals surface area contributed by atoms with Crippen molar-refractivity contribution < 1.29 is 9.53 Å². The first-order valence-electron chi connectivity index (χ1n) is 5.65. The van der Waals surface area contributed by atoms with E-state index in [0.717, 1.165) is 18.0 Å². The maximum Gasteiger partial charge on any atom is 0.310 e. The van der Waals surface area contributed by atoms with Crippen LogP contribution in [0.5, 0.6) is 0 Å². The lowest BCUT2D eigenvalue weighted by Gasteiger charge is -2.00. The van der Waals surface area contributed by atoms with Crippen LogP contribution in [0.25, 0.3) is 0 Å². The fourth-order valence-electron chi connectivity index (χ4n) is 1.55. The lowest BCUT2D eigenvalue weighted by Crippen LogP contribution is -2.10. The van der Waals surface area contributed by atoms with Gasteiger partial charge in [0.2, 0.25) is 0 Å². The molecule has 2 aromatic rings. The van der Waals surface area contributed by atoms with Crippen molar-refractivity contribution in [1.29, 1.82) is 0 Å². The summed E-state index contributed by atoms with van der Waals surface area (Å²) in [6.07, 6.45) is 0.367. The first-order chi connectivity index (χ1) is 8.78. The molecule has 96 valence electrons. The van der Waals surface area contributed by atoms with E-state index >= 15 is 0 Å². The lowest BCUT2D eigenvalue weighted by molar-refractivity contribution is -0.139. The number of rotatable bonds is 6. The summed E-state index contributed by atoms with van der Waals surface area (Å²) in [5, 5.41) is 5.47. The van der Waals surface area contributed by atoms with Gasteiger partial charge < -0.3 is 10.1 Å². The van der Waals surface area contributed by atoms with Gasteiger partial charge in [0.1, 0.15) is 0 Å². The third-order valence-corrected chi connectivity index (χ3v) is 4.40. The van der Waals surface area contributed by atoms with Crippen LogP contribution in [0.2, 0.25) is 0 Å². The number of carbonyl (C=O) groups is 1. The number of thiophene rings is 2. The summed E-state index contributed by atoms with van der Waals surface area (Å²) >= 11 is 3.41. The van der Waals surface area contributed by atoms with Crippen molar-refractivity contribution in [2.24, 2.45) is 0 Å². The molecule has 0 bridgehead atoms. The second kappa shape index (κ2) is 6.68. The van der Waals surface area contributed by atoms with Crippen LogP contribution in [-0.2, 0) is 29.0 Å². The average molecular weight is 281 g/mol. The van der Waals surface area contributed by atoms with E-state index in [0.29, 0.717) is 6.42 Å². The smallest absolute Gasteiger partial charge is 0.310 e. The van der Waals surface area contributed by atoms with E-state index in [2.05, 4.69) is 33.6 Å². The van der Waals surface area contributed by atoms with E-state index in [4.69, 9.17) is 0 Å². The third kappa shape index (κ3) is 3.94. The highest BCUT2D eigenvalue weighted by Gasteiger charge is 2.06. The molecule has 1 N–H and O–H groups in total. The van der Waals surface area contributed by atoms with Gasteiger partial charge in [0.25, 0.3) is 0 Å². The van der Waals surface area contributed by atoms with Gasteiger partial charge in [0.15, 0.2) is 0 Å². The summed E-state index contributed by atoms with van der Waals surface area (Å²) in [7, 11) is 1.42. The van der Waals surface area contributed by atoms with Crippen molar-refractivity contribution in [3.63, 3.8) is 0 Å². The summed E-state index contributed by atoms with van der Waals surface area (Å²) in [6.45, 7) is 1.73. The quantitative estimate of drug-likeness (QED) is 0.827. The molecule has 0 saturated heterocycles. The molecule has 0 aliphatic heterocycles. The van der Waals surface area contributed by atoms with Crippen LogP contribution in [-0.4, -0.2) is 13.1 Å². The third-order valence-electron chi connectivity index (χ3n) is 2.44. The van der Waals surface area contributed by atoms with Crippen LogP contribution in [0.4, 0.5) is 0 Å². The second-order valence-electron chi connectivity index (χ2n) is 3.80. The average Bonchev–Trinajstić information content (AvgIpc) is 3.01. The van der Waals surface area contributed by atoms with Crippen molar-refractivity contribution in [1.82, 2.24) is 5.32 Å². The van der Waals surface area contributed by atoms with Crippen LogP contribution in [0.3, 0.4) is 0 Å². The molecule has 0 spiro atoms. The van der Waals surface area contributed by atoms with E-state index < -0.39 is 0 Å². The highest BCUT2D eigenvalue weighted by molar-refractivity contribution is 7.12. The van der Waals surface area contributed by atoms with Gasteiger partial charge in [-0.15, -0.1) is 22.7 Å². The van der Waals surface area contributed by atoms with Crippen molar-refractivity contribution in [2.75, 3.05) is 7.11 Å². The molecule has 18 heavy (non-hydrogen) atoms. The Morgan fingerprint density at radius 1 is 1.22 bits per heavy atom. The van der Waals surface area contributed by atoms with E-state index in [1.165, 1.54) is 16.9 Å². The number of nitrogens with one attached hydrogen (secondary N) is 1. The first-order valence-corrected chi connectivity index (χ1v) is 7.35. The van der Waals surface area contributed by atoms with Gasteiger partial charge in [-0.05, 0) is 23.6 Å². The number of ether oxygens (including phenoxy) is 1. The van der Waals surface area contributed by atoms with Gasteiger partial charge in [-0.25, -0.2) is 0 Å². The summed E-state index contributed by atoms with van der Waals surface area (Å²) in [6, 6.07) is 8.23. The Labute approximate surface area is 114 Å². The minimum Gasteiger partial charge on any atom is -0.469 e. The molecule has 3 nitrogen and oxygen atoms in total. The van der Waals surface area contributed by atoms with Crippen molar-refractivity contribution in [2.45, 2.75) is 19.5 Å². The molecule has 2 heterocycles. The maximum atomic E-state index is 11.1. The molecule has 0 aliphatic carbocycles. The normalized spacial score (nSPS) is 10.5. The molecule has 0 atom stereocenters. The molecule has 5 heteroatoms. The number of esters is 1. The SMILES string of the molecule is COC(=O)Cc1ccc(CNCc2cccs2)s1. The molecule has 0 aromatic carbocycles. The van der Waals surface area contributed by atoms with Crippen LogP contribution in [0.15, 0.2) is 29.6 Å². The van der Waals surface area contributed by atoms with Crippen molar-refractivity contribution in [3.05, 3.63) is 44.3 Å². The molecular weight excluding hydrogens is 266 g/mol. The number of methoxy groups -OCH3 is 1. The van der Waals surface area contributed by atoms with Crippen LogP contribution in [0, 0.1) is 0 Å². The van der Waals surface area contributed by atoms with Gasteiger partial charge in [0, 0.05) is 27.7 Å². The van der Waals surface area contributed by atoms with E-state index in [9.17, 15) is 4.79 Å². The van der Waals surface area contributed by atoms with Gasteiger partial charge in [-0.2, -0.15) is 0 Å². The van der Waals surface area contributed by atoms with Gasteiger partial charge in [-0.1, -0.05) is 6.07 Å². The Balaban J connectivity index is 1.78. The largest absolute Gasteiger partial charge is 0.469 e. The molecule has 0 saturated carbocycles. The number of carbonyl (C=O) groups excluding carboxylic acids is 1. The van der Waals surface area contributed by atoms with E-state index in [-0.39, 0.29) is 5.97 Å². The number of hydrogen-bond donors (Lipinski definition) is 1. The molecule has 2 aromatic heterocycles. The fraction of sp³-hybridized carbons (Fsp3) is 0.308. The van der Waals surface area contributed by atoms with Crippen LogP contribution >= 0.6 is 22.7 Å². The molecular formula is C13H15NO2S2. The monoisotopic (exact) mass is 281 g/mol. The zero-order valence-corrected chi connectivity index (χ0v) is 11.8. The zero-order chi connectivity index (χ0) is 12.8. The predicted octanol–water partition coefficient (Wildman–Crippen LogP) is 2.81. The molecule has 0 aliphatic rings. The standard InChI is InChI=1S/C13H15NO2S2/c1-16-13(15)7-10-4-5-12(18-10)9-14-8-11-3-2-6-17-11/h2-6,14H,7-9H2,1H3. The van der Waals surface area contributed by atoms with Crippen molar-refractivity contribution >= 4 is 28.6 Å². The Hall–Kier alpha value is -1.17. The van der Waals surface area contributed by atoms with Crippen molar-refractivity contribution in [3.8, 4) is 0 Å². The van der Waals surface area contributed by atoms with Gasteiger partial charge >= 0.3 is 5.97 Å². The highest BCUT2D eigenvalue weighted by Crippen LogP contribution is 2.17. The molecule has 0 unspecified atom stereocenters. The molecule has 0 radical (unpaired) electrons. The Bertz CT molecular complexity index is 491. The summed E-state index contributed by atoms with van der Waals surface area (Å²) in [5.74, 6) is -0.185. The van der Waals surface area contributed by atoms with Crippen LogP contribution < -0.4 is 5.32 Å². The first kappa shape index (κ1) is 13.3. The predicted molar refractivity (Wildman–Crippen MR) is 74.9 cm³/mol. The summed E-state index contributed by atoms with van der Waals surface area (Å²) in [5.41, 5.74) is 0. The topological polar surface area (TPSA) is 38.3 Å². The van der Waals surface area contributed by atoms with Gasteiger partial charge in [-0.3, -0.25) is 4.79 Å². The Morgan fingerprint density at radius 3 is 2.72 bits per heavy atom. The van der Waals surface area contributed by atoms with E-state index in [1.54, 1.807) is 22.7 Å². The molecule has 0 amide bonds. The van der Waals surface area contributed by atoms with E-state index in [1.807, 2.05) is 6.07 Å². The fourth-order valence-corrected chi connectivity index (χ4v) is 3.20. The summed E-state index contributed by atoms with van der Waals surface area (Å²) < 4.78 is 4.65. The summed E-state index contributed by atoms with van der Waals surface area (Å²) in [4.78, 5) is 14.8. The highest BCUT2D eigenvalue weighted by atomic mass is 32.1. The Morgan fingerprint density at radius 2 is 2.00 bits per heavy atom. The van der Waals surface area contributed by atoms with Gasteiger partial charge in [0.05, 0.1) is 13.5 Å². The molecule has 0 fully saturated rings. The maximum absolute atomic E-state index is 11.1. The van der Waals surface area contributed by atoms with Crippen LogP contribution in [0.1, 0.15) is 14.6 Å². The number of hydrogen-bond acceptors (Lipinski definition) is 5. The molecule has 2 rings (SSSR count). The minimum absolute atomic E-state index is 0.185. The lowest BCUT2D eigenvalue weighted by atomic mass is 10.3.